The van der Waals surface area contributed by atoms with Crippen LogP contribution < -0.4 is 10.1 Å². The second-order valence-corrected chi connectivity index (χ2v) is 5.22. The third-order valence-corrected chi connectivity index (χ3v) is 3.68. The molecule has 1 N–H and O–H groups in total. The van der Waals surface area contributed by atoms with E-state index in [4.69, 9.17) is 4.74 Å². The number of nitrogens with zero attached hydrogens (tertiary/aromatic N) is 1. The lowest BCUT2D eigenvalue weighted by Gasteiger charge is -2.12. The molecule has 106 valence electrons. The van der Waals surface area contributed by atoms with Gasteiger partial charge in [-0.2, -0.15) is 0 Å². The maximum atomic E-state index is 14.2. The Labute approximate surface area is 118 Å². The summed E-state index contributed by atoms with van der Waals surface area (Å²) in [5.74, 6) is 0.0251. The highest BCUT2D eigenvalue weighted by molar-refractivity contribution is 5.31. The molecule has 0 atom stereocenters. The fourth-order valence-electron chi connectivity index (χ4n) is 2.32. The number of hydrogen-bond donors (Lipinski definition) is 1. The summed E-state index contributed by atoms with van der Waals surface area (Å²) in [6.45, 7) is 1.36. The molecule has 1 saturated carbocycles. The average Bonchev–Trinajstić information content (AvgIpc) is 3.19. The third kappa shape index (κ3) is 2.85. The van der Waals surface area contributed by atoms with Crippen molar-refractivity contribution in [2.75, 3.05) is 7.11 Å². The van der Waals surface area contributed by atoms with Crippen molar-refractivity contribution in [2.24, 2.45) is 0 Å². The van der Waals surface area contributed by atoms with Crippen molar-refractivity contribution in [1.82, 2.24) is 9.88 Å². The van der Waals surface area contributed by atoms with Gasteiger partial charge in [0.15, 0.2) is 11.6 Å². The molecule has 0 unspecified atom stereocenters. The standard InChI is InChI=1S/C16H19FN2O/c1-20-15-6-2-4-12(16(15)17)11-19-9-3-5-14(19)10-18-13-7-8-13/h2-6,9,13,18H,7-8,10-11H2,1H3. The summed E-state index contributed by atoms with van der Waals surface area (Å²) in [5, 5.41) is 3.48. The highest BCUT2D eigenvalue weighted by Gasteiger charge is 2.20. The Balaban J connectivity index is 1.75. The molecule has 0 aliphatic heterocycles. The highest BCUT2D eigenvalue weighted by Crippen LogP contribution is 2.22. The Morgan fingerprint density at radius 1 is 1.30 bits per heavy atom. The predicted octanol–water partition coefficient (Wildman–Crippen LogP) is 2.94. The first-order chi connectivity index (χ1) is 9.78. The van der Waals surface area contributed by atoms with Gasteiger partial charge in [0.1, 0.15) is 0 Å². The van der Waals surface area contributed by atoms with Crippen LogP contribution in [0.4, 0.5) is 4.39 Å². The van der Waals surface area contributed by atoms with Crippen molar-refractivity contribution in [3.63, 3.8) is 0 Å². The first-order valence-corrected chi connectivity index (χ1v) is 6.96. The SMILES string of the molecule is COc1cccc(Cn2cccc2CNC2CC2)c1F. The van der Waals surface area contributed by atoms with E-state index in [0.717, 1.165) is 6.54 Å². The van der Waals surface area contributed by atoms with Crippen LogP contribution in [0.3, 0.4) is 0 Å². The molecule has 3 nitrogen and oxygen atoms in total. The second kappa shape index (κ2) is 5.67. The molecule has 4 heteroatoms. The van der Waals surface area contributed by atoms with E-state index in [1.807, 2.05) is 18.3 Å². The average molecular weight is 274 g/mol. The second-order valence-electron chi connectivity index (χ2n) is 5.22. The number of methoxy groups -OCH3 is 1. The summed E-state index contributed by atoms with van der Waals surface area (Å²) in [6, 6.07) is 10.0. The molecule has 1 aromatic heterocycles. The van der Waals surface area contributed by atoms with Crippen LogP contribution in [-0.2, 0) is 13.1 Å². The summed E-state index contributed by atoms with van der Waals surface area (Å²) in [4.78, 5) is 0. The number of aromatic nitrogens is 1. The fraction of sp³-hybridized carbons (Fsp3) is 0.375. The van der Waals surface area contributed by atoms with Gasteiger partial charge < -0.3 is 14.6 Å². The zero-order valence-corrected chi connectivity index (χ0v) is 11.6. The van der Waals surface area contributed by atoms with Gasteiger partial charge in [-0.15, -0.1) is 0 Å². The summed E-state index contributed by atoms with van der Waals surface area (Å²) in [5.41, 5.74) is 1.83. The van der Waals surface area contributed by atoms with Gasteiger partial charge in [-0.25, -0.2) is 4.39 Å². The Morgan fingerprint density at radius 2 is 2.15 bits per heavy atom. The van der Waals surface area contributed by atoms with Crippen LogP contribution in [0.2, 0.25) is 0 Å². The van der Waals surface area contributed by atoms with Crippen LogP contribution in [0.1, 0.15) is 24.1 Å². The first kappa shape index (κ1) is 13.2. The van der Waals surface area contributed by atoms with Crippen molar-refractivity contribution < 1.29 is 9.13 Å². The summed E-state index contributed by atoms with van der Waals surface area (Å²) in [6.07, 6.45) is 4.53. The van der Waals surface area contributed by atoms with Gasteiger partial charge in [-0.1, -0.05) is 12.1 Å². The van der Waals surface area contributed by atoms with E-state index in [2.05, 4.69) is 16.0 Å². The van der Waals surface area contributed by atoms with Crippen molar-refractivity contribution in [3.8, 4) is 5.75 Å². The summed E-state index contributed by atoms with van der Waals surface area (Å²) < 4.78 is 21.3. The van der Waals surface area contributed by atoms with Crippen molar-refractivity contribution in [2.45, 2.75) is 32.0 Å². The first-order valence-electron chi connectivity index (χ1n) is 6.96. The van der Waals surface area contributed by atoms with Gasteiger partial charge in [0, 0.05) is 30.0 Å². The predicted molar refractivity (Wildman–Crippen MR) is 76.3 cm³/mol. The van der Waals surface area contributed by atoms with Crippen LogP contribution in [0.25, 0.3) is 0 Å². The molecule has 0 bridgehead atoms. The number of nitrogens with one attached hydrogen (secondary N) is 1. The van der Waals surface area contributed by atoms with Gasteiger partial charge in [0.05, 0.1) is 13.7 Å². The maximum Gasteiger partial charge on any atom is 0.170 e. The minimum Gasteiger partial charge on any atom is -0.494 e. The van der Waals surface area contributed by atoms with Crippen molar-refractivity contribution in [1.29, 1.82) is 0 Å². The van der Waals surface area contributed by atoms with Gasteiger partial charge in [-0.05, 0) is 31.0 Å². The van der Waals surface area contributed by atoms with Crippen LogP contribution in [0.15, 0.2) is 36.5 Å². The molecule has 0 saturated heterocycles. The fourth-order valence-corrected chi connectivity index (χ4v) is 2.32. The van der Waals surface area contributed by atoms with Gasteiger partial charge in [-0.3, -0.25) is 0 Å². The molecule has 1 heterocycles. The van der Waals surface area contributed by atoms with E-state index >= 15 is 0 Å². The Bertz CT molecular complexity index is 590. The number of halogens is 1. The minimum absolute atomic E-state index is 0.273. The lowest BCUT2D eigenvalue weighted by molar-refractivity contribution is 0.383. The molecular formula is C16H19FN2O. The van der Waals surface area contributed by atoms with E-state index in [1.54, 1.807) is 12.1 Å². The molecule has 1 aliphatic carbocycles. The summed E-state index contributed by atoms with van der Waals surface area (Å²) >= 11 is 0. The van der Waals surface area contributed by atoms with Crippen molar-refractivity contribution >= 4 is 0 Å². The zero-order chi connectivity index (χ0) is 13.9. The quantitative estimate of drug-likeness (QED) is 0.876. The molecule has 2 aromatic rings. The lowest BCUT2D eigenvalue weighted by Crippen LogP contribution is -2.18. The normalized spacial score (nSPS) is 14.5. The largest absolute Gasteiger partial charge is 0.494 e. The number of rotatable bonds is 6. The minimum atomic E-state index is -0.273. The number of ether oxygens (including phenoxy) is 1. The van der Waals surface area contributed by atoms with Gasteiger partial charge >= 0.3 is 0 Å². The topological polar surface area (TPSA) is 26.2 Å². The van der Waals surface area contributed by atoms with Crippen molar-refractivity contribution in [3.05, 3.63) is 53.6 Å². The third-order valence-electron chi connectivity index (χ3n) is 3.68. The molecule has 0 spiro atoms. The molecule has 0 amide bonds. The van der Waals surface area contributed by atoms with E-state index in [0.29, 0.717) is 23.9 Å². The van der Waals surface area contributed by atoms with E-state index in [9.17, 15) is 4.39 Å². The Hall–Kier alpha value is -1.81. The van der Waals surface area contributed by atoms with Crippen LogP contribution in [-0.4, -0.2) is 17.7 Å². The zero-order valence-electron chi connectivity index (χ0n) is 11.6. The molecule has 0 radical (unpaired) electrons. The lowest BCUT2D eigenvalue weighted by atomic mass is 10.2. The number of hydrogen-bond acceptors (Lipinski definition) is 2. The maximum absolute atomic E-state index is 14.2. The van der Waals surface area contributed by atoms with E-state index < -0.39 is 0 Å². The smallest absolute Gasteiger partial charge is 0.170 e. The van der Waals surface area contributed by atoms with Gasteiger partial charge in [0.2, 0.25) is 0 Å². The molecule has 1 fully saturated rings. The molecule has 20 heavy (non-hydrogen) atoms. The highest BCUT2D eigenvalue weighted by atomic mass is 19.1. The van der Waals surface area contributed by atoms with Gasteiger partial charge in [0.25, 0.3) is 0 Å². The molecular weight excluding hydrogens is 255 g/mol. The number of benzene rings is 1. The molecule has 1 aromatic carbocycles. The van der Waals surface area contributed by atoms with E-state index in [1.165, 1.54) is 25.6 Å². The summed E-state index contributed by atoms with van der Waals surface area (Å²) in [7, 11) is 1.49. The molecule has 1 aliphatic rings. The molecule has 3 rings (SSSR count). The monoisotopic (exact) mass is 274 g/mol. The van der Waals surface area contributed by atoms with Crippen LogP contribution >= 0.6 is 0 Å². The van der Waals surface area contributed by atoms with Crippen LogP contribution in [0, 0.1) is 5.82 Å². The van der Waals surface area contributed by atoms with Crippen LogP contribution in [0.5, 0.6) is 5.75 Å². The Kier molecular flexibility index (Phi) is 3.74. The Morgan fingerprint density at radius 3 is 2.90 bits per heavy atom. The van der Waals surface area contributed by atoms with E-state index in [-0.39, 0.29) is 5.82 Å².